The highest BCUT2D eigenvalue weighted by molar-refractivity contribution is 9.10. The highest BCUT2D eigenvalue weighted by Gasteiger charge is 2.13. The molecule has 0 spiro atoms. The summed E-state index contributed by atoms with van der Waals surface area (Å²) in [5, 5.41) is 3.10. The van der Waals surface area contributed by atoms with Gasteiger partial charge in [0.15, 0.2) is 0 Å². The molecule has 0 unspecified atom stereocenters. The van der Waals surface area contributed by atoms with Crippen LogP contribution < -0.4 is 5.32 Å². The lowest BCUT2D eigenvalue weighted by Gasteiger charge is -2.01. The van der Waals surface area contributed by atoms with E-state index in [0.29, 0.717) is 5.92 Å². The standard InChI is InChI=1S/C9H16BrN3/c1-6(2)8-9(10)13(4)7(12-8)5-11-3/h6,11H,5H2,1-4H3. The molecule has 0 aliphatic carbocycles. The summed E-state index contributed by atoms with van der Waals surface area (Å²) in [6.07, 6.45) is 0. The van der Waals surface area contributed by atoms with E-state index in [9.17, 15) is 0 Å². The molecule has 74 valence electrons. The average Bonchev–Trinajstić information content (AvgIpc) is 2.33. The molecule has 0 amide bonds. The fourth-order valence-corrected chi connectivity index (χ4v) is 1.98. The number of rotatable bonds is 3. The van der Waals surface area contributed by atoms with Gasteiger partial charge in [-0.05, 0) is 28.9 Å². The maximum Gasteiger partial charge on any atom is 0.123 e. The molecule has 4 heteroatoms. The van der Waals surface area contributed by atoms with Crippen molar-refractivity contribution >= 4 is 15.9 Å². The fourth-order valence-electron chi connectivity index (χ4n) is 1.23. The second-order valence-electron chi connectivity index (χ2n) is 3.45. The minimum absolute atomic E-state index is 0.464. The quantitative estimate of drug-likeness (QED) is 0.884. The van der Waals surface area contributed by atoms with Gasteiger partial charge in [-0.15, -0.1) is 0 Å². The van der Waals surface area contributed by atoms with E-state index in [1.54, 1.807) is 0 Å². The summed E-state index contributed by atoms with van der Waals surface area (Å²) in [7, 11) is 3.95. The summed E-state index contributed by atoms with van der Waals surface area (Å²) in [6.45, 7) is 5.11. The van der Waals surface area contributed by atoms with E-state index in [1.807, 2.05) is 14.1 Å². The zero-order valence-electron chi connectivity index (χ0n) is 8.56. The molecule has 0 radical (unpaired) electrons. The minimum atomic E-state index is 0.464. The van der Waals surface area contributed by atoms with Crippen LogP contribution in [0.25, 0.3) is 0 Å². The molecule has 0 saturated carbocycles. The van der Waals surface area contributed by atoms with Gasteiger partial charge in [-0.2, -0.15) is 0 Å². The maximum atomic E-state index is 4.55. The Morgan fingerprint density at radius 2 is 2.15 bits per heavy atom. The van der Waals surface area contributed by atoms with Gasteiger partial charge in [0.25, 0.3) is 0 Å². The Morgan fingerprint density at radius 3 is 2.54 bits per heavy atom. The molecule has 1 aromatic heterocycles. The number of nitrogens with zero attached hydrogens (tertiary/aromatic N) is 2. The van der Waals surface area contributed by atoms with Crippen molar-refractivity contribution in [1.82, 2.24) is 14.9 Å². The monoisotopic (exact) mass is 245 g/mol. The van der Waals surface area contributed by atoms with Crippen molar-refractivity contribution in [3.63, 3.8) is 0 Å². The molecule has 3 nitrogen and oxygen atoms in total. The van der Waals surface area contributed by atoms with E-state index in [0.717, 1.165) is 22.7 Å². The summed E-state index contributed by atoms with van der Waals surface area (Å²) in [6, 6.07) is 0. The third kappa shape index (κ3) is 2.11. The van der Waals surface area contributed by atoms with Crippen LogP contribution in [0.4, 0.5) is 0 Å². The Morgan fingerprint density at radius 1 is 1.54 bits per heavy atom. The number of hydrogen-bond donors (Lipinski definition) is 1. The molecular formula is C9H16BrN3. The number of hydrogen-bond acceptors (Lipinski definition) is 2. The third-order valence-corrected chi connectivity index (χ3v) is 2.96. The Kier molecular flexibility index (Phi) is 3.50. The second-order valence-corrected chi connectivity index (χ2v) is 4.20. The Hall–Kier alpha value is -0.350. The van der Waals surface area contributed by atoms with Crippen LogP contribution in [-0.4, -0.2) is 16.6 Å². The summed E-state index contributed by atoms with van der Waals surface area (Å²) >= 11 is 3.54. The number of nitrogens with one attached hydrogen (secondary N) is 1. The molecule has 0 atom stereocenters. The van der Waals surface area contributed by atoms with E-state index in [1.165, 1.54) is 0 Å². The summed E-state index contributed by atoms with van der Waals surface area (Å²) in [5.41, 5.74) is 1.13. The lowest BCUT2D eigenvalue weighted by molar-refractivity contribution is 0.703. The van der Waals surface area contributed by atoms with Gasteiger partial charge in [0.05, 0.1) is 12.2 Å². The Balaban J connectivity index is 3.05. The molecule has 1 aromatic rings. The van der Waals surface area contributed by atoms with Gasteiger partial charge in [0, 0.05) is 7.05 Å². The molecular weight excluding hydrogens is 230 g/mol. The van der Waals surface area contributed by atoms with E-state index in [-0.39, 0.29) is 0 Å². The van der Waals surface area contributed by atoms with Crippen molar-refractivity contribution in [3.05, 3.63) is 16.1 Å². The summed E-state index contributed by atoms with van der Waals surface area (Å²) in [4.78, 5) is 4.55. The lowest BCUT2D eigenvalue weighted by Crippen LogP contribution is -2.10. The number of imidazole rings is 1. The van der Waals surface area contributed by atoms with Crippen LogP contribution in [-0.2, 0) is 13.6 Å². The van der Waals surface area contributed by atoms with Crippen molar-refractivity contribution in [2.45, 2.75) is 26.3 Å². The molecule has 0 bridgehead atoms. The van der Waals surface area contributed by atoms with Crippen molar-refractivity contribution < 1.29 is 0 Å². The summed E-state index contributed by atoms with van der Waals surface area (Å²) in [5.74, 6) is 1.53. The highest BCUT2D eigenvalue weighted by Crippen LogP contribution is 2.24. The molecule has 1 N–H and O–H groups in total. The van der Waals surface area contributed by atoms with Gasteiger partial charge < -0.3 is 9.88 Å². The van der Waals surface area contributed by atoms with Crippen molar-refractivity contribution in [2.75, 3.05) is 7.05 Å². The van der Waals surface area contributed by atoms with Gasteiger partial charge in [-0.3, -0.25) is 0 Å². The first kappa shape index (κ1) is 10.7. The fraction of sp³-hybridized carbons (Fsp3) is 0.667. The van der Waals surface area contributed by atoms with Crippen LogP contribution in [0.5, 0.6) is 0 Å². The van der Waals surface area contributed by atoms with Crippen LogP contribution in [0.1, 0.15) is 31.3 Å². The van der Waals surface area contributed by atoms with E-state index in [2.05, 4.69) is 44.6 Å². The van der Waals surface area contributed by atoms with Crippen LogP contribution in [0.2, 0.25) is 0 Å². The van der Waals surface area contributed by atoms with Crippen molar-refractivity contribution in [2.24, 2.45) is 7.05 Å². The summed E-state index contributed by atoms with van der Waals surface area (Å²) < 4.78 is 3.17. The van der Waals surface area contributed by atoms with Crippen LogP contribution in [0.3, 0.4) is 0 Å². The first-order valence-corrected chi connectivity index (χ1v) is 5.22. The van der Waals surface area contributed by atoms with Crippen molar-refractivity contribution in [1.29, 1.82) is 0 Å². The Bertz CT molecular complexity index is 291. The van der Waals surface area contributed by atoms with Crippen molar-refractivity contribution in [3.8, 4) is 0 Å². The normalized spacial score (nSPS) is 11.2. The van der Waals surface area contributed by atoms with Gasteiger partial charge in [0.2, 0.25) is 0 Å². The molecule has 13 heavy (non-hydrogen) atoms. The van der Waals surface area contributed by atoms with E-state index < -0.39 is 0 Å². The Labute approximate surface area is 87.7 Å². The first-order chi connectivity index (χ1) is 6.07. The van der Waals surface area contributed by atoms with Gasteiger partial charge in [-0.25, -0.2) is 4.98 Å². The van der Waals surface area contributed by atoms with Crippen LogP contribution in [0.15, 0.2) is 4.60 Å². The molecule has 0 fully saturated rings. The smallest absolute Gasteiger partial charge is 0.123 e. The SMILES string of the molecule is CNCc1nc(C(C)C)c(Br)n1C. The topological polar surface area (TPSA) is 29.9 Å². The minimum Gasteiger partial charge on any atom is -0.325 e. The zero-order chi connectivity index (χ0) is 10.0. The highest BCUT2D eigenvalue weighted by atomic mass is 79.9. The predicted molar refractivity (Wildman–Crippen MR) is 57.8 cm³/mol. The average molecular weight is 246 g/mol. The number of halogens is 1. The molecule has 0 saturated heterocycles. The number of aromatic nitrogens is 2. The van der Waals surface area contributed by atoms with Gasteiger partial charge >= 0.3 is 0 Å². The van der Waals surface area contributed by atoms with Crippen LogP contribution >= 0.6 is 15.9 Å². The molecule has 1 heterocycles. The predicted octanol–water partition coefficient (Wildman–Crippen LogP) is 2.03. The van der Waals surface area contributed by atoms with Gasteiger partial charge in [-0.1, -0.05) is 13.8 Å². The molecule has 1 rings (SSSR count). The van der Waals surface area contributed by atoms with E-state index >= 15 is 0 Å². The molecule has 0 aliphatic rings. The molecule has 0 aromatic carbocycles. The molecule has 0 aliphatic heterocycles. The third-order valence-electron chi connectivity index (χ3n) is 2.02. The largest absolute Gasteiger partial charge is 0.325 e. The van der Waals surface area contributed by atoms with Crippen LogP contribution in [0, 0.1) is 0 Å². The van der Waals surface area contributed by atoms with Gasteiger partial charge in [0.1, 0.15) is 10.4 Å². The first-order valence-electron chi connectivity index (χ1n) is 4.43. The maximum absolute atomic E-state index is 4.55. The second kappa shape index (κ2) is 4.24. The lowest BCUT2D eigenvalue weighted by atomic mass is 10.2. The van der Waals surface area contributed by atoms with E-state index in [4.69, 9.17) is 0 Å². The zero-order valence-corrected chi connectivity index (χ0v) is 10.1.